The number of thioether (sulfide) groups is 1. The number of hydrogen-bond acceptors (Lipinski definition) is 8. The van der Waals surface area contributed by atoms with E-state index in [2.05, 4.69) is 22.3 Å². The molecule has 0 aromatic carbocycles. The molecule has 2 aromatic heterocycles. The van der Waals surface area contributed by atoms with Crippen LogP contribution in [-0.2, 0) is 10.3 Å². The number of hydrogen-bond donors (Lipinski definition) is 2. The van der Waals surface area contributed by atoms with Crippen molar-refractivity contribution in [3.8, 4) is 0 Å². The molecule has 10 heteroatoms. The number of carbonyl (C=O) groups excluding carboxylic acids is 1. The molecule has 28 heavy (non-hydrogen) atoms. The largest absolute Gasteiger partial charge is 0.379 e. The van der Waals surface area contributed by atoms with E-state index in [-0.39, 0.29) is 12.0 Å². The number of fused-ring (bicyclic) bond motifs is 1. The van der Waals surface area contributed by atoms with Crippen molar-refractivity contribution in [3.63, 3.8) is 0 Å². The lowest BCUT2D eigenvalue weighted by Crippen LogP contribution is -2.49. The van der Waals surface area contributed by atoms with E-state index in [1.807, 2.05) is 16.3 Å². The van der Waals surface area contributed by atoms with Crippen molar-refractivity contribution in [2.24, 2.45) is 16.6 Å². The third-order valence-electron chi connectivity index (χ3n) is 5.50. The molecule has 148 valence electrons. The van der Waals surface area contributed by atoms with Crippen LogP contribution in [0.2, 0.25) is 0 Å². The molecule has 4 heterocycles. The summed E-state index contributed by atoms with van der Waals surface area (Å²) in [5, 5.41) is 10.5. The van der Waals surface area contributed by atoms with E-state index in [0.717, 1.165) is 30.0 Å². The number of aliphatic imine (C=N–C) groups is 1. The highest BCUT2D eigenvalue weighted by molar-refractivity contribution is 8.13. The minimum atomic E-state index is -0.553. The normalized spacial score (nSPS) is 29.8. The lowest BCUT2D eigenvalue weighted by molar-refractivity contribution is -0.0466. The molecule has 1 amide bonds. The summed E-state index contributed by atoms with van der Waals surface area (Å²) in [6.45, 7) is 2.55. The Morgan fingerprint density at radius 2 is 2.32 bits per heavy atom. The fourth-order valence-corrected chi connectivity index (χ4v) is 5.76. The van der Waals surface area contributed by atoms with Gasteiger partial charge in [0.05, 0.1) is 18.8 Å². The zero-order valence-electron chi connectivity index (χ0n) is 15.5. The highest BCUT2D eigenvalue weighted by Gasteiger charge is 2.49. The number of thiazole rings is 1. The molecular weight excluding hydrogens is 396 g/mol. The maximum atomic E-state index is 12.5. The number of anilines is 1. The van der Waals surface area contributed by atoms with Gasteiger partial charge in [0.1, 0.15) is 16.4 Å². The molecule has 0 spiro atoms. The number of nitrogens with zero attached hydrogens (tertiary/aromatic N) is 4. The molecule has 8 nitrogen and oxygen atoms in total. The van der Waals surface area contributed by atoms with Gasteiger partial charge in [-0.25, -0.2) is 9.98 Å². The van der Waals surface area contributed by atoms with E-state index in [4.69, 9.17) is 15.5 Å². The number of amidine groups is 1. The minimum absolute atomic E-state index is 0.203. The minimum Gasteiger partial charge on any atom is -0.379 e. The van der Waals surface area contributed by atoms with Gasteiger partial charge in [0, 0.05) is 23.2 Å². The zero-order chi connectivity index (χ0) is 19.3. The summed E-state index contributed by atoms with van der Waals surface area (Å²) >= 11 is 3.08. The van der Waals surface area contributed by atoms with Gasteiger partial charge in [-0.15, -0.1) is 11.3 Å². The van der Waals surface area contributed by atoms with E-state index in [1.54, 1.807) is 17.8 Å². The average molecular weight is 419 g/mol. The SMILES string of the molecule is CC1CC2CSC(N)=NC2(c2nc(NC(=O)c3ccn(C4CC4)n3)cs2)CO1. The zero-order valence-corrected chi connectivity index (χ0v) is 17.1. The van der Waals surface area contributed by atoms with Crippen LogP contribution in [0.5, 0.6) is 0 Å². The van der Waals surface area contributed by atoms with Gasteiger partial charge in [-0.2, -0.15) is 5.10 Å². The first kappa shape index (κ1) is 18.1. The third kappa shape index (κ3) is 3.23. The van der Waals surface area contributed by atoms with Crippen molar-refractivity contribution in [1.29, 1.82) is 0 Å². The van der Waals surface area contributed by atoms with E-state index in [1.165, 1.54) is 11.3 Å². The molecule has 1 saturated carbocycles. The van der Waals surface area contributed by atoms with E-state index >= 15 is 0 Å². The second-order valence-electron chi connectivity index (χ2n) is 7.64. The fourth-order valence-electron chi connectivity index (χ4n) is 3.79. The second kappa shape index (κ2) is 6.85. The van der Waals surface area contributed by atoms with Crippen LogP contribution < -0.4 is 11.1 Å². The highest BCUT2D eigenvalue weighted by Crippen LogP contribution is 2.47. The summed E-state index contributed by atoms with van der Waals surface area (Å²) in [7, 11) is 0. The lowest BCUT2D eigenvalue weighted by Gasteiger charge is -2.44. The molecule has 3 aliphatic rings. The Labute approximate surface area is 171 Å². The quantitative estimate of drug-likeness (QED) is 0.790. The maximum absolute atomic E-state index is 12.5. The summed E-state index contributed by atoms with van der Waals surface area (Å²) in [6.07, 6.45) is 5.24. The summed E-state index contributed by atoms with van der Waals surface area (Å²) in [5.74, 6) is 1.49. The lowest BCUT2D eigenvalue weighted by atomic mass is 9.80. The van der Waals surface area contributed by atoms with Gasteiger partial charge in [-0.1, -0.05) is 11.8 Å². The molecule has 3 unspecified atom stereocenters. The molecule has 3 atom stereocenters. The van der Waals surface area contributed by atoms with Gasteiger partial charge in [0.2, 0.25) is 0 Å². The molecule has 2 aliphatic heterocycles. The van der Waals surface area contributed by atoms with Crippen LogP contribution in [0.3, 0.4) is 0 Å². The van der Waals surface area contributed by atoms with Crippen molar-refractivity contribution in [2.45, 2.75) is 43.9 Å². The number of nitrogens with one attached hydrogen (secondary N) is 1. The van der Waals surface area contributed by atoms with Gasteiger partial charge in [-0.3, -0.25) is 9.48 Å². The Hall–Kier alpha value is -1.91. The van der Waals surface area contributed by atoms with Gasteiger partial charge < -0.3 is 15.8 Å². The molecule has 2 aromatic rings. The Kier molecular flexibility index (Phi) is 4.44. The molecular formula is C18H22N6O2S2. The predicted molar refractivity (Wildman–Crippen MR) is 110 cm³/mol. The van der Waals surface area contributed by atoms with Crippen LogP contribution in [0, 0.1) is 5.92 Å². The third-order valence-corrected chi connectivity index (χ3v) is 7.47. The highest BCUT2D eigenvalue weighted by atomic mass is 32.2. The molecule has 5 rings (SSSR count). The van der Waals surface area contributed by atoms with Crippen LogP contribution in [0.15, 0.2) is 22.6 Å². The van der Waals surface area contributed by atoms with Gasteiger partial charge in [0.15, 0.2) is 10.9 Å². The van der Waals surface area contributed by atoms with Gasteiger partial charge in [-0.05, 0) is 32.3 Å². The van der Waals surface area contributed by atoms with Crippen molar-refractivity contribution in [3.05, 3.63) is 28.3 Å². The fraction of sp³-hybridized carbons (Fsp3) is 0.556. The summed E-state index contributed by atoms with van der Waals surface area (Å²) in [5.41, 5.74) is 5.90. The Bertz CT molecular complexity index is 936. The second-order valence-corrected chi connectivity index (χ2v) is 9.54. The number of aromatic nitrogens is 3. The van der Waals surface area contributed by atoms with Gasteiger partial charge in [0.25, 0.3) is 5.91 Å². The van der Waals surface area contributed by atoms with Crippen molar-refractivity contribution in [1.82, 2.24) is 14.8 Å². The van der Waals surface area contributed by atoms with Crippen LogP contribution in [0.25, 0.3) is 0 Å². The monoisotopic (exact) mass is 418 g/mol. The summed E-state index contributed by atoms with van der Waals surface area (Å²) in [4.78, 5) is 22.0. The topological polar surface area (TPSA) is 107 Å². The number of rotatable bonds is 4. The standard InChI is InChI=1S/C18H22N6O2S2/c1-10-6-11-7-28-17(19)22-18(11,9-26-10)16-21-14(8-27-16)20-15(25)13-4-5-24(23-13)12-2-3-12/h4-5,8,10-12H,2-3,6-7,9H2,1H3,(H2,19,22)(H,20,25). The van der Waals surface area contributed by atoms with Crippen LogP contribution >= 0.6 is 23.1 Å². The van der Waals surface area contributed by atoms with Crippen molar-refractivity contribution >= 4 is 40.0 Å². The Balaban J connectivity index is 1.37. The molecule has 1 aliphatic carbocycles. The van der Waals surface area contributed by atoms with Crippen LogP contribution in [0.1, 0.15) is 47.7 Å². The Morgan fingerprint density at radius 3 is 3.14 bits per heavy atom. The number of ether oxygens (including phenoxy) is 1. The van der Waals surface area contributed by atoms with E-state index < -0.39 is 5.54 Å². The maximum Gasteiger partial charge on any atom is 0.277 e. The van der Waals surface area contributed by atoms with Crippen LogP contribution in [0.4, 0.5) is 5.82 Å². The van der Waals surface area contributed by atoms with Crippen molar-refractivity contribution < 1.29 is 9.53 Å². The number of nitrogens with two attached hydrogens (primary N) is 1. The first-order valence-electron chi connectivity index (χ1n) is 9.46. The van der Waals surface area contributed by atoms with Gasteiger partial charge >= 0.3 is 0 Å². The van der Waals surface area contributed by atoms with Crippen molar-refractivity contribution in [2.75, 3.05) is 17.7 Å². The summed E-state index contributed by atoms with van der Waals surface area (Å²) in [6, 6.07) is 2.19. The number of amides is 1. The molecule has 2 fully saturated rings. The molecule has 1 saturated heterocycles. The first-order valence-corrected chi connectivity index (χ1v) is 11.3. The smallest absolute Gasteiger partial charge is 0.277 e. The summed E-state index contributed by atoms with van der Waals surface area (Å²) < 4.78 is 7.80. The molecule has 0 radical (unpaired) electrons. The average Bonchev–Trinajstić information content (AvgIpc) is 3.21. The first-order chi connectivity index (χ1) is 13.5. The van der Waals surface area contributed by atoms with E-state index in [0.29, 0.717) is 35.2 Å². The van der Waals surface area contributed by atoms with Crippen LogP contribution in [-0.4, -0.2) is 44.3 Å². The van der Waals surface area contributed by atoms with E-state index in [9.17, 15) is 4.79 Å². The molecule has 0 bridgehead atoms. The predicted octanol–water partition coefficient (Wildman–Crippen LogP) is 2.61. The molecule has 3 N–H and O–H groups in total. The number of carbonyl (C=O) groups is 1. The Morgan fingerprint density at radius 1 is 1.46 bits per heavy atom.